The number of ether oxygens (including phenoxy) is 4. The standard InChI is InChI=1S/C40H33F6N5O11S2/c1-57-28-17-13-26(14-18-28)38(25-11-7-4-8-12-25,27-15-19-29(58-2)20-16-27)59-21-30-32(61-63(53,54)39(41,42)43)33(62-64(55,56)40(44,45)46)37(60-30)51-23-49-31-34(47-22-48-35(31)51)50-36(52)24-9-5-3-6-10-24/h3-20,22-23,30,32-33,37H,21H2,1-2H3,(H,47,48,50,52)/t30-,32-,33-,37-/m1/s1. The fourth-order valence-electron chi connectivity index (χ4n) is 6.87. The molecule has 4 aromatic carbocycles. The number of alkyl halides is 6. The van der Waals surface area contributed by atoms with E-state index in [1.54, 1.807) is 97.1 Å². The van der Waals surface area contributed by atoms with Crippen LogP contribution in [0.4, 0.5) is 32.2 Å². The van der Waals surface area contributed by atoms with Crippen molar-refractivity contribution in [1.29, 1.82) is 0 Å². The van der Waals surface area contributed by atoms with Crippen LogP contribution in [-0.4, -0.2) is 92.4 Å². The Balaban J connectivity index is 1.38. The van der Waals surface area contributed by atoms with Gasteiger partial charge in [-0.25, -0.2) is 15.0 Å². The molecule has 24 heteroatoms. The third-order valence-corrected chi connectivity index (χ3v) is 12.0. The summed E-state index contributed by atoms with van der Waals surface area (Å²) in [5.41, 5.74) is -13.6. The van der Waals surface area contributed by atoms with Gasteiger partial charge in [0.2, 0.25) is 0 Å². The second-order valence-corrected chi connectivity index (χ2v) is 16.8. The van der Waals surface area contributed by atoms with Crippen LogP contribution in [0.2, 0.25) is 0 Å². The second-order valence-electron chi connectivity index (χ2n) is 13.7. The zero-order valence-corrected chi connectivity index (χ0v) is 34.6. The Morgan fingerprint density at radius 1 is 0.688 bits per heavy atom. The molecule has 1 saturated heterocycles. The molecule has 2 aromatic heterocycles. The van der Waals surface area contributed by atoms with E-state index in [1.807, 2.05) is 0 Å². The summed E-state index contributed by atoms with van der Waals surface area (Å²) in [5, 5.41) is 2.49. The van der Waals surface area contributed by atoms with Crippen molar-refractivity contribution < 1.29 is 75.3 Å². The molecule has 0 bridgehead atoms. The normalized spacial score (nSPS) is 18.5. The number of nitrogens with one attached hydrogen (secondary N) is 1. The number of amides is 1. The van der Waals surface area contributed by atoms with Crippen LogP contribution in [-0.2, 0) is 43.7 Å². The van der Waals surface area contributed by atoms with Gasteiger partial charge < -0.3 is 24.3 Å². The number of imidazole rings is 1. The SMILES string of the molecule is COc1ccc(C(OC[C@H]2O[C@@H](n3cnc4c(NC(=O)c5ccccc5)ncnc43)[C@H](OS(=O)(=O)C(F)(F)F)[C@@H]2OS(=O)(=O)C(F)(F)F)(c2ccccc2)c2ccc(OC)cc2)cc1. The number of hydrogen-bond donors (Lipinski definition) is 1. The lowest BCUT2D eigenvalue weighted by atomic mass is 9.80. The van der Waals surface area contributed by atoms with Gasteiger partial charge >= 0.3 is 31.3 Å². The van der Waals surface area contributed by atoms with E-state index in [0.717, 1.165) is 17.2 Å². The topological polar surface area (TPSA) is 196 Å². The quantitative estimate of drug-likeness (QED) is 0.0509. The predicted octanol–water partition coefficient (Wildman–Crippen LogP) is 6.47. The van der Waals surface area contributed by atoms with Gasteiger partial charge in [0.25, 0.3) is 5.91 Å². The van der Waals surface area contributed by atoms with Crippen LogP contribution >= 0.6 is 0 Å². The summed E-state index contributed by atoms with van der Waals surface area (Å²) in [6.07, 6.45) is -8.57. The average molecular weight is 938 g/mol. The molecule has 1 N–H and O–H groups in total. The Kier molecular flexibility index (Phi) is 12.7. The first kappa shape index (κ1) is 45.8. The van der Waals surface area contributed by atoms with Gasteiger partial charge in [0.1, 0.15) is 35.6 Å². The van der Waals surface area contributed by atoms with Gasteiger partial charge in [-0.15, -0.1) is 0 Å². The zero-order chi connectivity index (χ0) is 46.1. The van der Waals surface area contributed by atoms with Crippen molar-refractivity contribution >= 4 is 43.1 Å². The molecule has 0 unspecified atom stereocenters. The maximum Gasteiger partial charge on any atom is 0.523 e. The van der Waals surface area contributed by atoms with E-state index in [9.17, 15) is 48.0 Å². The highest BCUT2D eigenvalue weighted by atomic mass is 32.2. The number of methoxy groups -OCH3 is 2. The fourth-order valence-corrected chi connectivity index (χ4v) is 8.11. The summed E-state index contributed by atoms with van der Waals surface area (Å²) in [6.45, 7) is -1.03. The number of fused-ring (bicyclic) bond motifs is 1. The molecule has 7 rings (SSSR count). The molecule has 0 spiro atoms. The molecule has 1 aliphatic rings. The molecule has 1 aliphatic heterocycles. The molecule has 4 atom stereocenters. The molecule has 0 saturated carbocycles. The highest BCUT2D eigenvalue weighted by molar-refractivity contribution is 7.88. The van der Waals surface area contributed by atoms with E-state index in [-0.39, 0.29) is 16.9 Å². The molecule has 64 heavy (non-hydrogen) atoms. The van der Waals surface area contributed by atoms with Gasteiger partial charge in [-0.1, -0.05) is 72.8 Å². The van der Waals surface area contributed by atoms with Crippen LogP contribution in [0.15, 0.2) is 122 Å². The summed E-state index contributed by atoms with van der Waals surface area (Å²) in [6, 6.07) is 28.5. The number of anilines is 1. The minimum absolute atomic E-state index is 0.170. The van der Waals surface area contributed by atoms with Crippen molar-refractivity contribution in [3.05, 3.63) is 144 Å². The summed E-state index contributed by atoms with van der Waals surface area (Å²) in [7, 11) is -10.7. The smallest absolute Gasteiger partial charge is 0.497 e. The number of halogens is 6. The number of rotatable bonds is 15. The lowest BCUT2D eigenvalue weighted by Gasteiger charge is -2.37. The highest BCUT2D eigenvalue weighted by Crippen LogP contribution is 2.45. The lowest BCUT2D eigenvalue weighted by Crippen LogP contribution is -2.46. The van der Waals surface area contributed by atoms with Crippen molar-refractivity contribution in [3.8, 4) is 11.5 Å². The molecule has 0 aliphatic carbocycles. The van der Waals surface area contributed by atoms with Gasteiger partial charge in [0, 0.05) is 5.56 Å². The van der Waals surface area contributed by atoms with E-state index in [0.29, 0.717) is 28.2 Å². The first-order chi connectivity index (χ1) is 30.3. The van der Waals surface area contributed by atoms with E-state index in [1.165, 1.54) is 26.4 Å². The molecular formula is C40H33F6N5O11S2. The van der Waals surface area contributed by atoms with Gasteiger partial charge in [-0.2, -0.15) is 43.2 Å². The van der Waals surface area contributed by atoms with Crippen LogP contribution in [0.5, 0.6) is 11.5 Å². The zero-order valence-electron chi connectivity index (χ0n) is 32.9. The van der Waals surface area contributed by atoms with Gasteiger partial charge in [0.05, 0.1) is 27.2 Å². The van der Waals surface area contributed by atoms with E-state index in [2.05, 4.69) is 28.6 Å². The number of nitrogens with zero attached hydrogens (tertiary/aromatic N) is 4. The van der Waals surface area contributed by atoms with Gasteiger partial charge in [0.15, 0.2) is 29.3 Å². The van der Waals surface area contributed by atoms with Crippen LogP contribution < -0.4 is 14.8 Å². The van der Waals surface area contributed by atoms with Gasteiger partial charge in [-0.3, -0.25) is 17.7 Å². The van der Waals surface area contributed by atoms with Crippen molar-refractivity contribution in [2.45, 2.75) is 41.2 Å². The van der Waals surface area contributed by atoms with Crippen molar-refractivity contribution in [1.82, 2.24) is 19.5 Å². The highest BCUT2D eigenvalue weighted by Gasteiger charge is 2.60. The molecule has 16 nitrogen and oxygen atoms in total. The summed E-state index contributed by atoms with van der Waals surface area (Å²) in [4.78, 5) is 25.2. The minimum Gasteiger partial charge on any atom is -0.497 e. The van der Waals surface area contributed by atoms with Crippen LogP contribution in [0.1, 0.15) is 33.3 Å². The molecule has 1 fully saturated rings. The molecule has 6 aromatic rings. The fraction of sp³-hybridized carbons (Fsp3) is 0.250. The Hall–Kier alpha value is -6.18. The Morgan fingerprint density at radius 2 is 1.19 bits per heavy atom. The molecule has 3 heterocycles. The third kappa shape index (κ3) is 8.96. The number of benzene rings is 4. The van der Waals surface area contributed by atoms with Crippen LogP contribution in [0.25, 0.3) is 11.2 Å². The first-order valence-corrected chi connectivity index (χ1v) is 21.3. The van der Waals surface area contributed by atoms with Crippen LogP contribution in [0.3, 0.4) is 0 Å². The minimum atomic E-state index is -6.77. The average Bonchev–Trinajstić information content (AvgIpc) is 3.85. The second kappa shape index (κ2) is 17.8. The number of carbonyl (C=O) groups excluding carboxylic acids is 1. The van der Waals surface area contributed by atoms with E-state index >= 15 is 0 Å². The Bertz CT molecular complexity index is 2770. The van der Waals surface area contributed by atoms with Crippen molar-refractivity contribution in [3.63, 3.8) is 0 Å². The number of carbonyl (C=O) groups is 1. The lowest BCUT2D eigenvalue weighted by molar-refractivity contribution is -0.0956. The summed E-state index contributed by atoms with van der Waals surface area (Å²) < 4.78 is 168. The predicted molar refractivity (Wildman–Crippen MR) is 212 cm³/mol. The molecule has 1 amide bonds. The maximum atomic E-state index is 14.1. The monoisotopic (exact) mass is 937 g/mol. The van der Waals surface area contributed by atoms with E-state index < -0.39 is 79.6 Å². The van der Waals surface area contributed by atoms with E-state index in [4.69, 9.17) is 18.9 Å². The third-order valence-electron chi connectivity index (χ3n) is 9.87. The largest absolute Gasteiger partial charge is 0.523 e. The molecular weight excluding hydrogens is 905 g/mol. The van der Waals surface area contributed by atoms with Crippen LogP contribution in [0, 0.1) is 0 Å². The summed E-state index contributed by atoms with van der Waals surface area (Å²) >= 11 is 0. The number of hydrogen-bond acceptors (Lipinski definition) is 14. The first-order valence-electron chi connectivity index (χ1n) is 18.5. The maximum absolute atomic E-state index is 14.1. The number of aromatic nitrogens is 4. The molecule has 0 radical (unpaired) electrons. The Labute approximate surface area is 359 Å². The van der Waals surface area contributed by atoms with Crippen molar-refractivity contribution in [2.24, 2.45) is 0 Å². The summed E-state index contributed by atoms with van der Waals surface area (Å²) in [5.74, 6) is -0.158. The van der Waals surface area contributed by atoms with Crippen molar-refractivity contribution in [2.75, 3.05) is 26.1 Å². The molecule has 338 valence electrons. The van der Waals surface area contributed by atoms with Gasteiger partial charge in [-0.05, 0) is 53.1 Å². The Morgan fingerprint density at radius 3 is 1.70 bits per heavy atom.